The van der Waals surface area contributed by atoms with E-state index in [1.807, 2.05) is 0 Å². The Kier molecular flexibility index (Phi) is 6.27. The number of carbonyl (C=O) groups excluding carboxylic acids is 3. The first-order valence-electron chi connectivity index (χ1n) is 8.90. The number of hydrogen-bond acceptors (Lipinski definition) is 6. The van der Waals surface area contributed by atoms with Crippen LogP contribution in [0, 0.1) is 0 Å². The lowest BCUT2D eigenvalue weighted by atomic mass is 10.1. The molecule has 0 saturated carbocycles. The number of hydrogen-bond donors (Lipinski definition) is 1. The van der Waals surface area contributed by atoms with Crippen molar-refractivity contribution in [2.45, 2.75) is 13.0 Å². The van der Waals surface area contributed by atoms with E-state index < -0.39 is 23.9 Å². The highest BCUT2D eigenvalue weighted by atomic mass is 35.5. The fourth-order valence-electron chi connectivity index (χ4n) is 2.84. The summed E-state index contributed by atoms with van der Waals surface area (Å²) in [5.74, 6) is -1.36. The maximum absolute atomic E-state index is 12.8. The summed E-state index contributed by atoms with van der Waals surface area (Å²) in [7, 11) is 2.65. The molecule has 0 aliphatic carbocycles. The van der Waals surface area contributed by atoms with Crippen molar-refractivity contribution < 1.29 is 28.6 Å². The van der Waals surface area contributed by atoms with E-state index >= 15 is 0 Å². The number of methoxy groups -OCH3 is 2. The second-order valence-corrected chi connectivity index (χ2v) is 6.72. The number of nitrogens with one attached hydrogen (secondary N) is 1. The van der Waals surface area contributed by atoms with Crippen LogP contribution in [0.1, 0.15) is 12.5 Å². The molecule has 8 nitrogen and oxygen atoms in total. The van der Waals surface area contributed by atoms with Crippen molar-refractivity contribution in [1.29, 1.82) is 0 Å². The first-order chi connectivity index (χ1) is 14.3. The number of hydrazine groups is 1. The summed E-state index contributed by atoms with van der Waals surface area (Å²) in [6.07, 6.45) is 0.380. The highest BCUT2D eigenvalue weighted by Gasteiger charge is 2.35. The topological polar surface area (TPSA) is 94.2 Å². The van der Waals surface area contributed by atoms with Gasteiger partial charge < -0.3 is 14.2 Å². The molecule has 1 heterocycles. The molecule has 30 heavy (non-hydrogen) atoms. The van der Waals surface area contributed by atoms with Crippen molar-refractivity contribution >= 4 is 41.1 Å². The number of nitrogens with zero attached hydrogens (tertiary/aromatic N) is 1. The van der Waals surface area contributed by atoms with E-state index in [4.69, 9.17) is 21.1 Å². The number of amides is 2. The van der Waals surface area contributed by atoms with E-state index in [2.05, 4.69) is 10.2 Å². The highest BCUT2D eigenvalue weighted by Crippen LogP contribution is 2.37. The minimum Gasteiger partial charge on any atom is -0.493 e. The van der Waals surface area contributed by atoms with Gasteiger partial charge >= 0.3 is 5.97 Å². The molecule has 0 aromatic heterocycles. The molecule has 1 aliphatic heterocycles. The van der Waals surface area contributed by atoms with E-state index in [-0.39, 0.29) is 17.1 Å². The van der Waals surface area contributed by atoms with E-state index in [0.717, 1.165) is 5.01 Å². The molecule has 1 atom stereocenters. The number of carbonyl (C=O) groups is 3. The molecule has 0 unspecified atom stereocenters. The summed E-state index contributed by atoms with van der Waals surface area (Å²) in [6.45, 7) is 1.50. The zero-order chi connectivity index (χ0) is 21.8. The Labute approximate surface area is 177 Å². The van der Waals surface area contributed by atoms with Gasteiger partial charge in [0.25, 0.3) is 11.8 Å². The molecule has 0 radical (unpaired) electrons. The molecule has 0 bridgehead atoms. The Balaban J connectivity index is 2.03. The summed E-state index contributed by atoms with van der Waals surface area (Å²) in [5.41, 5.74) is 3.20. The largest absolute Gasteiger partial charge is 0.493 e. The quantitative estimate of drug-likeness (QED) is 0.430. The zero-order valence-corrected chi connectivity index (χ0v) is 17.2. The third-order valence-electron chi connectivity index (χ3n) is 4.30. The van der Waals surface area contributed by atoms with Crippen molar-refractivity contribution in [3.63, 3.8) is 0 Å². The number of para-hydroxylation sites is 1. The standard InChI is InChI=1S/C21H19ClN2O6/c1-12(21(27)29-3)30-18-13(9-14(22)11-17(18)28-2)10-16-19(25)23-24(20(16)26)15-7-5-4-6-8-15/h4-12H,1-3H3,(H,23,25)/b16-10+/t12-/m0/s1. The SMILES string of the molecule is COC(=O)[C@H](C)Oc1c(/C=C2\C(=O)NN(c3ccccc3)C2=O)cc(Cl)cc1OC. The van der Waals surface area contributed by atoms with Gasteiger partial charge in [-0.15, -0.1) is 0 Å². The fraction of sp³-hybridized carbons (Fsp3) is 0.190. The molecule has 156 valence electrons. The lowest BCUT2D eigenvalue weighted by molar-refractivity contribution is -0.148. The molecular weight excluding hydrogens is 412 g/mol. The number of anilines is 1. The van der Waals surface area contributed by atoms with E-state index in [0.29, 0.717) is 16.3 Å². The van der Waals surface area contributed by atoms with Crippen LogP contribution in [-0.2, 0) is 19.1 Å². The lowest BCUT2D eigenvalue weighted by Gasteiger charge is -2.18. The Morgan fingerprint density at radius 3 is 2.50 bits per heavy atom. The molecular formula is C21H19ClN2O6. The molecule has 1 saturated heterocycles. The van der Waals surface area contributed by atoms with E-state index in [1.165, 1.54) is 39.4 Å². The van der Waals surface area contributed by atoms with Crippen LogP contribution in [0.4, 0.5) is 5.69 Å². The van der Waals surface area contributed by atoms with E-state index in [1.54, 1.807) is 30.3 Å². The van der Waals surface area contributed by atoms with Gasteiger partial charge in [0.2, 0.25) is 0 Å². The summed E-state index contributed by atoms with van der Waals surface area (Å²) in [4.78, 5) is 37.1. The third kappa shape index (κ3) is 4.23. The number of ether oxygens (including phenoxy) is 3. The minimum atomic E-state index is -0.962. The maximum Gasteiger partial charge on any atom is 0.346 e. The van der Waals surface area contributed by atoms with Gasteiger partial charge in [-0.3, -0.25) is 15.0 Å². The van der Waals surface area contributed by atoms with Crippen LogP contribution in [0.5, 0.6) is 11.5 Å². The van der Waals surface area contributed by atoms with Crippen LogP contribution in [-0.4, -0.2) is 38.1 Å². The second kappa shape index (κ2) is 8.87. The Hall–Kier alpha value is -3.52. The van der Waals surface area contributed by atoms with Crippen molar-refractivity contribution in [3.05, 3.63) is 58.6 Å². The summed E-state index contributed by atoms with van der Waals surface area (Å²) in [6, 6.07) is 11.7. The van der Waals surface area contributed by atoms with Crippen LogP contribution in [0.15, 0.2) is 48.0 Å². The Morgan fingerprint density at radius 2 is 1.87 bits per heavy atom. The number of benzene rings is 2. The van der Waals surface area contributed by atoms with Gasteiger partial charge in [-0.05, 0) is 31.2 Å². The Bertz CT molecular complexity index is 1020. The number of esters is 1. The van der Waals surface area contributed by atoms with Crippen molar-refractivity contribution in [1.82, 2.24) is 5.43 Å². The number of halogens is 1. The average molecular weight is 431 g/mol. The van der Waals surface area contributed by atoms with Gasteiger partial charge in [-0.1, -0.05) is 29.8 Å². The van der Waals surface area contributed by atoms with Crippen LogP contribution in [0.2, 0.25) is 5.02 Å². The first-order valence-corrected chi connectivity index (χ1v) is 9.27. The monoisotopic (exact) mass is 430 g/mol. The lowest BCUT2D eigenvalue weighted by Crippen LogP contribution is -2.35. The van der Waals surface area contributed by atoms with Gasteiger partial charge in [0.05, 0.1) is 19.9 Å². The molecule has 2 aromatic carbocycles. The van der Waals surface area contributed by atoms with Crippen LogP contribution in [0.3, 0.4) is 0 Å². The highest BCUT2D eigenvalue weighted by molar-refractivity contribution is 6.32. The van der Waals surface area contributed by atoms with Crippen LogP contribution < -0.4 is 19.9 Å². The predicted molar refractivity (Wildman–Crippen MR) is 110 cm³/mol. The first kappa shape index (κ1) is 21.2. The predicted octanol–water partition coefficient (Wildman–Crippen LogP) is 2.75. The Morgan fingerprint density at radius 1 is 1.17 bits per heavy atom. The van der Waals surface area contributed by atoms with Crippen LogP contribution >= 0.6 is 11.6 Å². The maximum atomic E-state index is 12.8. The molecule has 2 aromatic rings. The molecule has 2 amide bonds. The van der Waals surface area contributed by atoms with Gasteiger partial charge in [0, 0.05) is 16.7 Å². The minimum absolute atomic E-state index is 0.126. The molecule has 1 aliphatic rings. The fourth-order valence-corrected chi connectivity index (χ4v) is 3.05. The normalized spacial score (nSPS) is 15.7. The number of rotatable bonds is 6. The van der Waals surface area contributed by atoms with Crippen LogP contribution in [0.25, 0.3) is 6.08 Å². The third-order valence-corrected chi connectivity index (χ3v) is 4.52. The average Bonchev–Trinajstić information content (AvgIpc) is 3.03. The van der Waals surface area contributed by atoms with Crippen molar-refractivity contribution in [2.75, 3.05) is 19.2 Å². The molecule has 1 N–H and O–H groups in total. The summed E-state index contributed by atoms with van der Waals surface area (Å²) < 4.78 is 15.7. The van der Waals surface area contributed by atoms with Crippen molar-refractivity contribution in [3.8, 4) is 11.5 Å². The van der Waals surface area contributed by atoms with Gasteiger partial charge in [-0.25, -0.2) is 9.80 Å². The molecule has 0 spiro atoms. The molecule has 1 fully saturated rings. The van der Waals surface area contributed by atoms with Gasteiger partial charge in [-0.2, -0.15) is 0 Å². The molecule has 9 heteroatoms. The molecule has 3 rings (SSSR count). The van der Waals surface area contributed by atoms with Gasteiger partial charge in [0.1, 0.15) is 5.57 Å². The smallest absolute Gasteiger partial charge is 0.346 e. The van der Waals surface area contributed by atoms with Gasteiger partial charge in [0.15, 0.2) is 17.6 Å². The zero-order valence-electron chi connectivity index (χ0n) is 16.5. The van der Waals surface area contributed by atoms with E-state index in [9.17, 15) is 14.4 Å². The summed E-state index contributed by atoms with van der Waals surface area (Å²) >= 11 is 6.16. The second-order valence-electron chi connectivity index (χ2n) is 6.28. The van der Waals surface area contributed by atoms with Crippen molar-refractivity contribution in [2.24, 2.45) is 0 Å². The summed E-state index contributed by atoms with van der Waals surface area (Å²) in [5, 5.41) is 1.44.